The number of carboxylic acid groups (broad SMARTS) is 1. The van der Waals surface area contributed by atoms with E-state index in [1.807, 2.05) is 10.9 Å². The van der Waals surface area contributed by atoms with Crippen LogP contribution in [0.1, 0.15) is 48.8 Å². The Hall–Kier alpha value is -2.15. The Balaban J connectivity index is 1.60. The lowest BCUT2D eigenvalue weighted by atomic mass is 10.1. The normalized spacial score (nSPS) is 19.0. The van der Waals surface area contributed by atoms with Gasteiger partial charge in [-0.1, -0.05) is 13.8 Å². The summed E-state index contributed by atoms with van der Waals surface area (Å²) < 4.78 is 3.81. The van der Waals surface area contributed by atoms with E-state index in [4.69, 9.17) is 5.11 Å². The van der Waals surface area contributed by atoms with Crippen molar-refractivity contribution in [2.24, 2.45) is 5.92 Å². The molecule has 0 aromatic carbocycles. The molecule has 1 saturated heterocycles. The largest absolute Gasteiger partial charge is 0.476 e. The third-order valence-corrected chi connectivity index (χ3v) is 4.33. The molecule has 1 aliphatic rings. The van der Waals surface area contributed by atoms with Gasteiger partial charge >= 0.3 is 5.97 Å². The first-order chi connectivity index (χ1) is 11.5. The van der Waals surface area contributed by atoms with Gasteiger partial charge in [0.05, 0.1) is 12.2 Å². The van der Waals surface area contributed by atoms with Crippen molar-refractivity contribution in [1.29, 1.82) is 0 Å². The number of carboxylic acids is 1. The van der Waals surface area contributed by atoms with Crippen LogP contribution < -0.4 is 0 Å². The summed E-state index contributed by atoms with van der Waals surface area (Å²) in [6, 6.07) is 1.80. The van der Waals surface area contributed by atoms with Crippen LogP contribution in [0.4, 0.5) is 0 Å². The maximum absolute atomic E-state index is 11.0. The van der Waals surface area contributed by atoms with Crippen molar-refractivity contribution in [1.82, 2.24) is 24.5 Å². The topological polar surface area (TPSA) is 76.2 Å². The minimum absolute atomic E-state index is 0.113. The van der Waals surface area contributed by atoms with Crippen LogP contribution in [-0.4, -0.2) is 48.6 Å². The molecule has 1 aliphatic heterocycles. The molecule has 0 amide bonds. The standard InChI is InChI=1S/C17H25N5O2/c1-13(2)9-21-11-14(8-18-21)10-20-6-3-4-15(12-20)22-7-5-16(19-22)17(23)24/h5,7-8,11,13,15H,3-4,6,9-10,12H2,1-2H3,(H,23,24). The number of likely N-dealkylation sites (tertiary alicyclic amines) is 1. The van der Waals surface area contributed by atoms with Crippen molar-refractivity contribution in [2.75, 3.05) is 13.1 Å². The zero-order valence-corrected chi connectivity index (χ0v) is 14.3. The summed E-state index contributed by atoms with van der Waals surface area (Å²) in [5.41, 5.74) is 1.34. The highest BCUT2D eigenvalue weighted by molar-refractivity contribution is 5.85. The van der Waals surface area contributed by atoms with Crippen molar-refractivity contribution >= 4 is 5.97 Å². The van der Waals surface area contributed by atoms with Crippen LogP contribution in [-0.2, 0) is 13.1 Å². The van der Waals surface area contributed by atoms with E-state index >= 15 is 0 Å². The Kier molecular flexibility index (Phi) is 4.99. The van der Waals surface area contributed by atoms with E-state index in [2.05, 4.69) is 35.1 Å². The van der Waals surface area contributed by atoms with Crippen molar-refractivity contribution in [3.63, 3.8) is 0 Å². The molecule has 0 saturated carbocycles. The van der Waals surface area contributed by atoms with Gasteiger partial charge in [-0.3, -0.25) is 14.3 Å². The minimum atomic E-state index is -0.973. The molecular weight excluding hydrogens is 306 g/mol. The van der Waals surface area contributed by atoms with Crippen LogP contribution in [0.3, 0.4) is 0 Å². The Labute approximate surface area is 141 Å². The number of rotatable bonds is 6. The zero-order chi connectivity index (χ0) is 17.1. The predicted octanol–water partition coefficient (Wildman–Crippen LogP) is 2.27. The summed E-state index contributed by atoms with van der Waals surface area (Å²) in [5.74, 6) is -0.389. The summed E-state index contributed by atoms with van der Waals surface area (Å²) in [6.45, 7) is 8.13. The molecule has 0 bridgehead atoms. The highest BCUT2D eigenvalue weighted by atomic mass is 16.4. The summed E-state index contributed by atoms with van der Waals surface area (Å²) >= 11 is 0. The molecule has 2 aromatic rings. The van der Waals surface area contributed by atoms with Crippen LogP contribution in [0.5, 0.6) is 0 Å². The molecule has 7 heteroatoms. The number of aromatic carboxylic acids is 1. The average molecular weight is 331 g/mol. The van der Waals surface area contributed by atoms with Gasteiger partial charge in [-0.15, -0.1) is 0 Å². The Morgan fingerprint density at radius 2 is 2.29 bits per heavy atom. The number of carbonyl (C=O) groups is 1. The van der Waals surface area contributed by atoms with Crippen LogP contribution in [0, 0.1) is 5.92 Å². The molecule has 1 unspecified atom stereocenters. The van der Waals surface area contributed by atoms with E-state index in [0.29, 0.717) is 5.92 Å². The highest BCUT2D eigenvalue weighted by Crippen LogP contribution is 2.22. The second-order valence-electron chi connectivity index (χ2n) is 6.98. The van der Waals surface area contributed by atoms with E-state index in [1.165, 1.54) is 5.56 Å². The highest BCUT2D eigenvalue weighted by Gasteiger charge is 2.23. The molecule has 7 nitrogen and oxygen atoms in total. The first-order valence-electron chi connectivity index (χ1n) is 8.53. The van der Waals surface area contributed by atoms with Gasteiger partial charge in [0.2, 0.25) is 0 Å². The fourth-order valence-electron chi connectivity index (χ4n) is 3.27. The maximum atomic E-state index is 11.0. The molecule has 1 fully saturated rings. The number of hydrogen-bond acceptors (Lipinski definition) is 4. The van der Waals surface area contributed by atoms with Crippen molar-refractivity contribution in [3.05, 3.63) is 35.9 Å². The molecule has 0 spiro atoms. The third-order valence-electron chi connectivity index (χ3n) is 4.33. The molecule has 1 atom stereocenters. The molecule has 3 rings (SSSR count). The summed E-state index contributed by atoms with van der Waals surface area (Å²) in [6.07, 6.45) is 7.97. The SMILES string of the molecule is CC(C)Cn1cc(CN2CCCC(n3ccc(C(=O)O)n3)C2)cn1. The predicted molar refractivity (Wildman–Crippen MR) is 89.8 cm³/mol. The number of hydrogen-bond donors (Lipinski definition) is 1. The first kappa shape index (κ1) is 16.7. The van der Waals surface area contributed by atoms with Gasteiger partial charge in [0.1, 0.15) is 0 Å². The second kappa shape index (κ2) is 7.17. The van der Waals surface area contributed by atoms with Gasteiger partial charge in [0.15, 0.2) is 5.69 Å². The van der Waals surface area contributed by atoms with Crippen molar-refractivity contribution in [2.45, 2.75) is 45.8 Å². The van der Waals surface area contributed by atoms with Gasteiger partial charge in [0, 0.05) is 37.6 Å². The Morgan fingerprint density at radius 3 is 3.00 bits per heavy atom. The molecule has 1 N–H and O–H groups in total. The van der Waals surface area contributed by atoms with E-state index < -0.39 is 5.97 Å². The second-order valence-corrected chi connectivity index (χ2v) is 6.98. The number of nitrogens with zero attached hydrogens (tertiary/aromatic N) is 5. The third kappa shape index (κ3) is 4.03. The molecule has 24 heavy (non-hydrogen) atoms. The Morgan fingerprint density at radius 1 is 1.46 bits per heavy atom. The van der Waals surface area contributed by atoms with E-state index in [1.54, 1.807) is 16.9 Å². The molecule has 0 aliphatic carbocycles. The van der Waals surface area contributed by atoms with Crippen molar-refractivity contribution < 1.29 is 9.90 Å². The van der Waals surface area contributed by atoms with E-state index in [0.717, 1.165) is 39.0 Å². The molecule has 3 heterocycles. The summed E-state index contributed by atoms with van der Waals surface area (Å²) in [5, 5.41) is 17.6. The summed E-state index contributed by atoms with van der Waals surface area (Å²) in [4.78, 5) is 13.4. The maximum Gasteiger partial charge on any atom is 0.356 e. The van der Waals surface area contributed by atoms with Crippen LogP contribution in [0.25, 0.3) is 0 Å². The fourth-order valence-corrected chi connectivity index (χ4v) is 3.27. The first-order valence-corrected chi connectivity index (χ1v) is 8.53. The Bertz CT molecular complexity index is 691. The summed E-state index contributed by atoms with van der Waals surface area (Å²) in [7, 11) is 0. The van der Waals surface area contributed by atoms with E-state index in [-0.39, 0.29) is 11.7 Å². The quantitative estimate of drug-likeness (QED) is 0.879. The molecular formula is C17H25N5O2. The van der Waals surface area contributed by atoms with Gasteiger partial charge in [-0.05, 0) is 31.4 Å². The monoisotopic (exact) mass is 331 g/mol. The fraction of sp³-hybridized carbons (Fsp3) is 0.588. The lowest BCUT2D eigenvalue weighted by molar-refractivity contribution is 0.0688. The number of aromatic nitrogens is 4. The molecule has 0 radical (unpaired) electrons. The average Bonchev–Trinajstić information content (AvgIpc) is 3.16. The molecule has 2 aromatic heterocycles. The lowest BCUT2D eigenvalue weighted by Gasteiger charge is -2.32. The van der Waals surface area contributed by atoms with Gasteiger partial charge in [-0.2, -0.15) is 10.2 Å². The van der Waals surface area contributed by atoms with Crippen molar-refractivity contribution in [3.8, 4) is 0 Å². The zero-order valence-electron chi connectivity index (χ0n) is 14.3. The molecule has 130 valence electrons. The van der Waals surface area contributed by atoms with Gasteiger partial charge in [-0.25, -0.2) is 4.79 Å². The lowest BCUT2D eigenvalue weighted by Crippen LogP contribution is -2.36. The van der Waals surface area contributed by atoms with Gasteiger partial charge < -0.3 is 5.11 Å². The van der Waals surface area contributed by atoms with Crippen LogP contribution in [0.15, 0.2) is 24.7 Å². The van der Waals surface area contributed by atoms with Crippen LogP contribution >= 0.6 is 0 Å². The number of piperidine rings is 1. The smallest absolute Gasteiger partial charge is 0.356 e. The van der Waals surface area contributed by atoms with Gasteiger partial charge in [0.25, 0.3) is 0 Å². The van der Waals surface area contributed by atoms with Crippen LogP contribution in [0.2, 0.25) is 0 Å². The van der Waals surface area contributed by atoms with E-state index in [9.17, 15) is 4.79 Å². The minimum Gasteiger partial charge on any atom is -0.476 e.